The second-order valence-corrected chi connectivity index (χ2v) is 5.13. The number of anilines is 1. The number of ether oxygens (including phenoxy) is 1. The number of nitrogens with one attached hydrogen (secondary N) is 1. The minimum Gasteiger partial charge on any atom is -0.497 e. The molecule has 0 aromatic heterocycles. The molecule has 1 aromatic rings. The van der Waals surface area contributed by atoms with Crippen LogP contribution in [0.25, 0.3) is 0 Å². The minimum atomic E-state index is -3.48. The van der Waals surface area contributed by atoms with E-state index in [0.29, 0.717) is 5.75 Å². The highest BCUT2D eigenvalue weighted by Crippen LogP contribution is 2.30. The average Bonchev–Trinajstić information content (AvgIpc) is 2.15. The summed E-state index contributed by atoms with van der Waals surface area (Å²) >= 11 is 0. The zero-order valence-corrected chi connectivity index (χ0v) is 8.80. The molecular weight excluding hydrogens is 218 g/mol. The molecule has 0 saturated heterocycles. The van der Waals surface area contributed by atoms with Crippen LogP contribution in [-0.2, 0) is 14.6 Å². The van der Waals surface area contributed by atoms with Gasteiger partial charge in [-0.3, -0.25) is 4.79 Å². The Morgan fingerprint density at radius 2 is 2.13 bits per heavy atom. The van der Waals surface area contributed by atoms with E-state index in [1.54, 1.807) is 6.07 Å². The number of hydrogen-bond donors (Lipinski definition) is 1. The van der Waals surface area contributed by atoms with Gasteiger partial charge in [0.05, 0.1) is 17.7 Å². The first kappa shape index (κ1) is 9.97. The number of carbonyl (C=O) groups excluding carboxylic acids is 1. The number of fused-ring (bicyclic) bond motifs is 1. The Morgan fingerprint density at radius 1 is 1.40 bits per heavy atom. The maximum absolute atomic E-state index is 11.6. The smallest absolute Gasteiger partial charge is 0.239 e. The fraction of sp³-hybridized carbons (Fsp3) is 0.222. The SMILES string of the molecule is COc1ccc2c(c1)NC(=O)CS2(=O)=O. The highest BCUT2D eigenvalue weighted by atomic mass is 32.2. The van der Waals surface area contributed by atoms with E-state index in [9.17, 15) is 13.2 Å². The Balaban J connectivity index is 2.62. The number of carbonyl (C=O) groups is 1. The minimum absolute atomic E-state index is 0.142. The largest absolute Gasteiger partial charge is 0.497 e. The predicted octanol–water partition coefficient (Wildman–Crippen LogP) is 0.421. The number of hydrogen-bond acceptors (Lipinski definition) is 4. The summed E-state index contributed by atoms with van der Waals surface area (Å²) in [4.78, 5) is 11.3. The van der Waals surface area contributed by atoms with Gasteiger partial charge < -0.3 is 10.1 Å². The van der Waals surface area contributed by atoms with Crippen LogP contribution in [0.2, 0.25) is 0 Å². The second kappa shape index (κ2) is 3.23. The molecule has 1 aromatic carbocycles. The molecule has 0 aliphatic carbocycles. The number of methoxy groups -OCH3 is 1. The van der Waals surface area contributed by atoms with Crippen molar-refractivity contribution in [2.24, 2.45) is 0 Å². The van der Waals surface area contributed by atoms with Gasteiger partial charge in [-0.25, -0.2) is 8.42 Å². The molecule has 1 amide bonds. The van der Waals surface area contributed by atoms with Crippen LogP contribution < -0.4 is 10.1 Å². The summed E-state index contributed by atoms with van der Waals surface area (Å²) in [6.07, 6.45) is 0. The molecular formula is C9H9NO4S. The summed E-state index contributed by atoms with van der Waals surface area (Å²) in [7, 11) is -2.01. The highest BCUT2D eigenvalue weighted by Gasteiger charge is 2.28. The third-order valence-corrected chi connectivity index (χ3v) is 3.79. The van der Waals surface area contributed by atoms with E-state index in [-0.39, 0.29) is 10.6 Å². The van der Waals surface area contributed by atoms with Crippen LogP contribution in [0.15, 0.2) is 23.1 Å². The van der Waals surface area contributed by atoms with Gasteiger partial charge in [0.1, 0.15) is 11.5 Å². The molecule has 5 nitrogen and oxygen atoms in total. The molecule has 80 valence electrons. The lowest BCUT2D eigenvalue weighted by molar-refractivity contribution is -0.114. The van der Waals surface area contributed by atoms with Gasteiger partial charge in [-0.1, -0.05) is 0 Å². The third-order valence-electron chi connectivity index (χ3n) is 2.12. The van der Waals surface area contributed by atoms with Crippen LogP contribution in [0, 0.1) is 0 Å². The lowest BCUT2D eigenvalue weighted by Crippen LogP contribution is -2.29. The van der Waals surface area contributed by atoms with Crippen LogP contribution in [0.4, 0.5) is 5.69 Å². The van der Waals surface area contributed by atoms with E-state index in [0.717, 1.165) is 0 Å². The second-order valence-electron chi connectivity index (χ2n) is 3.17. The Hall–Kier alpha value is -1.56. The third kappa shape index (κ3) is 1.68. The van der Waals surface area contributed by atoms with E-state index in [1.165, 1.54) is 19.2 Å². The molecule has 6 heteroatoms. The van der Waals surface area contributed by atoms with Crippen molar-refractivity contribution in [1.29, 1.82) is 0 Å². The van der Waals surface area contributed by atoms with Crippen molar-refractivity contribution >= 4 is 21.4 Å². The van der Waals surface area contributed by atoms with Crippen molar-refractivity contribution in [2.75, 3.05) is 18.2 Å². The fourth-order valence-electron chi connectivity index (χ4n) is 1.44. The van der Waals surface area contributed by atoms with Gasteiger partial charge in [-0.15, -0.1) is 0 Å². The summed E-state index contributed by atoms with van der Waals surface area (Å²) in [5.74, 6) is -0.506. The maximum Gasteiger partial charge on any atom is 0.239 e. The van der Waals surface area contributed by atoms with E-state index in [1.807, 2.05) is 0 Å². The fourth-order valence-corrected chi connectivity index (χ4v) is 2.73. The Morgan fingerprint density at radius 3 is 2.80 bits per heavy atom. The van der Waals surface area contributed by atoms with Crippen molar-refractivity contribution in [1.82, 2.24) is 0 Å². The highest BCUT2D eigenvalue weighted by molar-refractivity contribution is 7.92. The van der Waals surface area contributed by atoms with Crippen LogP contribution in [0.1, 0.15) is 0 Å². The van der Waals surface area contributed by atoms with Crippen molar-refractivity contribution in [3.63, 3.8) is 0 Å². The molecule has 0 saturated carbocycles. The zero-order chi connectivity index (χ0) is 11.1. The molecule has 1 aliphatic heterocycles. The first-order valence-corrected chi connectivity index (χ1v) is 5.89. The normalized spacial score (nSPS) is 17.8. The first-order chi connectivity index (χ1) is 7.03. The summed E-state index contributed by atoms with van der Waals surface area (Å²) in [5.41, 5.74) is 0.283. The van der Waals surface area contributed by atoms with Gasteiger partial charge in [0, 0.05) is 6.07 Å². The van der Waals surface area contributed by atoms with Crippen LogP contribution >= 0.6 is 0 Å². The molecule has 1 N–H and O–H groups in total. The van der Waals surface area contributed by atoms with Gasteiger partial charge in [0.25, 0.3) is 0 Å². The van der Waals surface area contributed by atoms with Crippen molar-refractivity contribution < 1.29 is 17.9 Å². The van der Waals surface area contributed by atoms with Gasteiger partial charge in [-0.05, 0) is 12.1 Å². The van der Waals surface area contributed by atoms with Gasteiger partial charge in [0.15, 0.2) is 9.84 Å². The molecule has 0 bridgehead atoms. The summed E-state index contributed by atoms with van der Waals surface area (Å²) in [6, 6.07) is 4.47. The molecule has 2 rings (SSSR count). The maximum atomic E-state index is 11.6. The number of sulfone groups is 1. The molecule has 0 atom stereocenters. The van der Waals surface area contributed by atoms with E-state index in [2.05, 4.69) is 5.32 Å². The molecule has 1 heterocycles. The van der Waals surface area contributed by atoms with E-state index >= 15 is 0 Å². The summed E-state index contributed by atoms with van der Waals surface area (Å²) < 4.78 is 28.1. The molecule has 1 aliphatic rings. The van der Waals surface area contributed by atoms with Gasteiger partial charge in [0.2, 0.25) is 5.91 Å². The molecule has 15 heavy (non-hydrogen) atoms. The lowest BCUT2D eigenvalue weighted by atomic mass is 10.3. The van der Waals surface area contributed by atoms with Crippen LogP contribution in [-0.4, -0.2) is 27.2 Å². The van der Waals surface area contributed by atoms with E-state index in [4.69, 9.17) is 4.74 Å². The topological polar surface area (TPSA) is 72.5 Å². The number of rotatable bonds is 1. The van der Waals surface area contributed by atoms with Crippen molar-refractivity contribution in [2.45, 2.75) is 4.90 Å². The monoisotopic (exact) mass is 227 g/mol. The Kier molecular flexibility index (Phi) is 2.15. The molecule has 0 spiro atoms. The summed E-state index contributed by atoms with van der Waals surface area (Å²) in [5, 5.41) is 2.49. The van der Waals surface area contributed by atoms with Crippen LogP contribution in [0.3, 0.4) is 0 Å². The molecule has 0 unspecified atom stereocenters. The quantitative estimate of drug-likeness (QED) is 0.754. The average molecular weight is 227 g/mol. The standard InChI is InChI=1S/C9H9NO4S/c1-14-6-2-3-8-7(4-6)10-9(11)5-15(8,12)13/h2-4H,5H2,1H3,(H,10,11). The van der Waals surface area contributed by atoms with Crippen LogP contribution in [0.5, 0.6) is 5.75 Å². The number of amides is 1. The van der Waals surface area contributed by atoms with Gasteiger partial charge in [-0.2, -0.15) is 0 Å². The van der Waals surface area contributed by atoms with Gasteiger partial charge >= 0.3 is 0 Å². The lowest BCUT2D eigenvalue weighted by Gasteiger charge is -2.17. The number of benzene rings is 1. The molecule has 0 fully saturated rings. The predicted molar refractivity (Wildman–Crippen MR) is 53.7 cm³/mol. The van der Waals surface area contributed by atoms with Crippen molar-refractivity contribution in [3.8, 4) is 5.75 Å². The molecule has 0 radical (unpaired) electrons. The Bertz CT molecular complexity index is 521. The summed E-state index contributed by atoms with van der Waals surface area (Å²) in [6.45, 7) is 0. The first-order valence-electron chi connectivity index (χ1n) is 4.23. The zero-order valence-electron chi connectivity index (χ0n) is 7.98. The van der Waals surface area contributed by atoms with E-state index < -0.39 is 21.5 Å². The Labute approximate surface area is 87.0 Å². The van der Waals surface area contributed by atoms with Crippen molar-refractivity contribution in [3.05, 3.63) is 18.2 Å².